The largest absolute Gasteiger partial charge is 0.481 e. The Morgan fingerprint density at radius 3 is 3.06 bits per heavy atom. The molecule has 0 unspecified atom stereocenters. The normalized spacial score (nSPS) is 13.6. The van der Waals surface area contributed by atoms with E-state index < -0.39 is 5.97 Å². The lowest BCUT2D eigenvalue weighted by atomic mass is 10.2. The molecule has 1 aliphatic heterocycles. The molecule has 1 aliphatic rings. The van der Waals surface area contributed by atoms with Crippen LogP contribution in [0.3, 0.4) is 0 Å². The zero-order valence-electron chi connectivity index (χ0n) is 8.99. The zero-order valence-corrected chi connectivity index (χ0v) is 9.80. The van der Waals surface area contributed by atoms with Crippen LogP contribution in [0.4, 0.5) is 5.82 Å². The lowest BCUT2D eigenvalue weighted by Gasteiger charge is -2.09. The standard InChI is InChI=1S/C10H13N3O2S/c1-6-12-8-5-16-4-7(8)10(13-6)11-3-2-9(14)15/h2-5H2,1H3,(H,14,15)(H,11,12,13). The van der Waals surface area contributed by atoms with Gasteiger partial charge >= 0.3 is 5.97 Å². The van der Waals surface area contributed by atoms with E-state index in [1.165, 1.54) is 0 Å². The Labute approximate surface area is 97.7 Å². The van der Waals surface area contributed by atoms with Crippen LogP contribution in [0.5, 0.6) is 0 Å². The number of carboxylic acids is 1. The molecule has 0 fully saturated rings. The molecule has 86 valence electrons. The predicted octanol–water partition coefficient (Wildman–Crippen LogP) is 1.42. The third-order valence-corrected chi connectivity index (χ3v) is 3.29. The summed E-state index contributed by atoms with van der Waals surface area (Å²) in [4.78, 5) is 19.1. The van der Waals surface area contributed by atoms with Crippen molar-refractivity contribution in [1.82, 2.24) is 9.97 Å². The van der Waals surface area contributed by atoms with Gasteiger partial charge in [-0.1, -0.05) is 0 Å². The molecule has 2 rings (SSSR count). The minimum absolute atomic E-state index is 0.102. The Morgan fingerprint density at radius 1 is 1.50 bits per heavy atom. The van der Waals surface area contributed by atoms with Crippen LogP contribution in [-0.2, 0) is 16.3 Å². The van der Waals surface area contributed by atoms with Gasteiger partial charge in [0.25, 0.3) is 0 Å². The van der Waals surface area contributed by atoms with Crippen LogP contribution >= 0.6 is 11.8 Å². The van der Waals surface area contributed by atoms with Crippen LogP contribution in [-0.4, -0.2) is 27.6 Å². The summed E-state index contributed by atoms with van der Waals surface area (Å²) in [5.74, 6) is 2.56. The monoisotopic (exact) mass is 239 g/mol. The number of nitrogens with zero attached hydrogens (tertiary/aromatic N) is 2. The summed E-state index contributed by atoms with van der Waals surface area (Å²) in [6.07, 6.45) is 0.102. The zero-order chi connectivity index (χ0) is 11.5. The smallest absolute Gasteiger partial charge is 0.305 e. The molecule has 6 heteroatoms. The Kier molecular flexibility index (Phi) is 3.28. The molecule has 0 saturated heterocycles. The minimum atomic E-state index is -0.802. The van der Waals surface area contributed by atoms with Crippen molar-refractivity contribution in [1.29, 1.82) is 0 Å². The van der Waals surface area contributed by atoms with Crippen LogP contribution in [0.15, 0.2) is 0 Å². The molecule has 5 nitrogen and oxygen atoms in total. The van der Waals surface area contributed by atoms with E-state index in [1.54, 1.807) is 11.8 Å². The van der Waals surface area contributed by atoms with Gasteiger partial charge in [-0.05, 0) is 6.92 Å². The van der Waals surface area contributed by atoms with Crippen LogP contribution in [0.1, 0.15) is 23.5 Å². The molecule has 16 heavy (non-hydrogen) atoms. The SMILES string of the molecule is Cc1nc2c(c(NCCC(=O)O)n1)CSC2. The average molecular weight is 239 g/mol. The second-order valence-corrected chi connectivity index (χ2v) is 4.59. The van der Waals surface area contributed by atoms with Crippen LogP contribution in [0.25, 0.3) is 0 Å². The number of carbonyl (C=O) groups is 1. The van der Waals surface area contributed by atoms with Gasteiger partial charge in [-0.3, -0.25) is 4.79 Å². The fraction of sp³-hybridized carbons (Fsp3) is 0.500. The van der Waals surface area contributed by atoms with E-state index in [9.17, 15) is 4.79 Å². The van der Waals surface area contributed by atoms with Crippen molar-refractivity contribution >= 4 is 23.5 Å². The first kappa shape index (κ1) is 11.2. The molecule has 1 aromatic rings. The van der Waals surface area contributed by atoms with E-state index in [0.29, 0.717) is 6.54 Å². The number of hydrogen-bond acceptors (Lipinski definition) is 5. The van der Waals surface area contributed by atoms with E-state index in [1.807, 2.05) is 6.92 Å². The van der Waals surface area contributed by atoms with Gasteiger partial charge in [-0.15, -0.1) is 0 Å². The molecular weight excluding hydrogens is 226 g/mol. The van der Waals surface area contributed by atoms with Gasteiger partial charge in [-0.2, -0.15) is 11.8 Å². The van der Waals surface area contributed by atoms with Crippen molar-refractivity contribution < 1.29 is 9.90 Å². The lowest BCUT2D eigenvalue weighted by Crippen LogP contribution is -2.11. The topological polar surface area (TPSA) is 75.1 Å². The van der Waals surface area contributed by atoms with Crippen LogP contribution in [0.2, 0.25) is 0 Å². The van der Waals surface area contributed by atoms with Crippen molar-refractivity contribution in [2.45, 2.75) is 24.9 Å². The van der Waals surface area contributed by atoms with Crippen molar-refractivity contribution in [3.05, 3.63) is 17.1 Å². The maximum Gasteiger partial charge on any atom is 0.305 e. The van der Waals surface area contributed by atoms with Crippen molar-refractivity contribution in [2.24, 2.45) is 0 Å². The summed E-state index contributed by atoms with van der Waals surface area (Å²) in [6, 6.07) is 0. The van der Waals surface area contributed by atoms with Crippen molar-refractivity contribution in [3.8, 4) is 0 Å². The van der Waals surface area contributed by atoms with Gasteiger partial charge in [0.05, 0.1) is 12.1 Å². The number of rotatable bonds is 4. The Hall–Kier alpha value is -1.30. The fourth-order valence-electron chi connectivity index (χ4n) is 1.61. The van der Waals surface area contributed by atoms with Gasteiger partial charge in [0.1, 0.15) is 11.6 Å². The van der Waals surface area contributed by atoms with Gasteiger partial charge in [-0.25, -0.2) is 9.97 Å². The third-order valence-electron chi connectivity index (χ3n) is 2.32. The first-order chi connectivity index (χ1) is 7.66. The minimum Gasteiger partial charge on any atom is -0.481 e. The van der Waals surface area contributed by atoms with Crippen LogP contribution in [0, 0.1) is 6.92 Å². The van der Waals surface area contributed by atoms with Gasteiger partial charge in [0.15, 0.2) is 0 Å². The van der Waals surface area contributed by atoms with Crippen LogP contribution < -0.4 is 5.32 Å². The summed E-state index contributed by atoms with van der Waals surface area (Å²) in [5, 5.41) is 11.6. The lowest BCUT2D eigenvalue weighted by molar-refractivity contribution is -0.136. The molecule has 2 N–H and O–H groups in total. The second kappa shape index (κ2) is 4.69. The Balaban J connectivity index is 2.11. The predicted molar refractivity (Wildman–Crippen MR) is 62.5 cm³/mol. The molecule has 0 saturated carbocycles. The highest BCUT2D eigenvalue weighted by Crippen LogP contribution is 2.32. The number of anilines is 1. The summed E-state index contributed by atoms with van der Waals surface area (Å²) in [7, 11) is 0. The van der Waals surface area contributed by atoms with Gasteiger partial charge < -0.3 is 10.4 Å². The molecule has 0 radical (unpaired) electrons. The highest BCUT2D eigenvalue weighted by Gasteiger charge is 2.18. The molecule has 0 bridgehead atoms. The summed E-state index contributed by atoms with van der Waals surface area (Å²) >= 11 is 1.81. The molecule has 0 aliphatic carbocycles. The highest BCUT2D eigenvalue weighted by molar-refractivity contribution is 7.98. The summed E-state index contributed by atoms with van der Waals surface area (Å²) < 4.78 is 0. The number of nitrogens with one attached hydrogen (secondary N) is 1. The third kappa shape index (κ3) is 2.44. The van der Waals surface area contributed by atoms with Gasteiger partial charge in [0, 0.05) is 23.6 Å². The Morgan fingerprint density at radius 2 is 2.31 bits per heavy atom. The van der Waals surface area contributed by atoms with Crippen molar-refractivity contribution in [2.75, 3.05) is 11.9 Å². The summed E-state index contributed by atoms with van der Waals surface area (Å²) in [5.41, 5.74) is 2.20. The van der Waals surface area contributed by atoms with E-state index in [0.717, 1.165) is 34.4 Å². The van der Waals surface area contributed by atoms with E-state index >= 15 is 0 Å². The maximum absolute atomic E-state index is 10.4. The fourth-order valence-corrected chi connectivity index (χ4v) is 2.65. The number of carboxylic acid groups (broad SMARTS) is 1. The molecule has 0 spiro atoms. The average Bonchev–Trinajstić information content (AvgIpc) is 2.64. The number of hydrogen-bond donors (Lipinski definition) is 2. The molecule has 0 atom stereocenters. The number of aryl methyl sites for hydroxylation is 1. The summed E-state index contributed by atoms with van der Waals surface area (Å²) in [6.45, 7) is 2.26. The van der Waals surface area contributed by atoms with E-state index in [4.69, 9.17) is 5.11 Å². The quantitative estimate of drug-likeness (QED) is 0.827. The molecule has 1 aromatic heterocycles. The molecular formula is C10H13N3O2S. The highest BCUT2D eigenvalue weighted by atomic mass is 32.2. The first-order valence-electron chi connectivity index (χ1n) is 5.06. The molecule has 2 heterocycles. The number of fused-ring (bicyclic) bond motifs is 1. The van der Waals surface area contributed by atoms with E-state index in [-0.39, 0.29) is 6.42 Å². The number of aromatic nitrogens is 2. The van der Waals surface area contributed by atoms with E-state index in [2.05, 4.69) is 15.3 Å². The second-order valence-electron chi connectivity index (χ2n) is 3.61. The molecule has 0 amide bonds. The van der Waals surface area contributed by atoms with Crippen molar-refractivity contribution in [3.63, 3.8) is 0 Å². The maximum atomic E-state index is 10.4. The first-order valence-corrected chi connectivity index (χ1v) is 6.22. The number of aliphatic carboxylic acids is 1. The van der Waals surface area contributed by atoms with Gasteiger partial charge in [0.2, 0.25) is 0 Å². The molecule has 0 aromatic carbocycles. The number of thioether (sulfide) groups is 1. The Bertz CT molecular complexity index is 423.